The Morgan fingerprint density at radius 2 is 2.06 bits per heavy atom. The molecule has 0 saturated carbocycles. The third kappa shape index (κ3) is 5.85. The lowest BCUT2D eigenvalue weighted by atomic mass is 10.1. The van der Waals surface area contributed by atoms with E-state index in [9.17, 15) is 5.11 Å². The lowest BCUT2D eigenvalue weighted by Gasteiger charge is -2.19. The molecule has 1 aromatic rings. The second kappa shape index (κ2) is 8.52. The van der Waals surface area contributed by atoms with E-state index >= 15 is 0 Å². The number of aliphatic hydroxyl groups excluding tert-OH is 1. The van der Waals surface area contributed by atoms with E-state index in [-0.39, 0.29) is 0 Å². The number of hydrogen-bond donors (Lipinski definition) is 1. The predicted octanol–water partition coefficient (Wildman–Crippen LogP) is 3.89. The van der Waals surface area contributed by atoms with Crippen molar-refractivity contribution in [1.29, 1.82) is 0 Å². The number of aliphatic hydroxyl groups is 1. The average molecular weight is 270 g/mol. The van der Waals surface area contributed by atoms with Crippen LogP contribution in [0.4, 0.5) is 0 Å². The van der Waals surface area contributed by atoms with E-state index in [1.54, 1.807) is 0 Å². The second-order valence-corrected chi connectivity index (χ2v) is 5.31. The van der Waals surface area contributed by atoms with Crippen LogP contribution in [0.25, 0.3) is 0 Å². The summed E-state index contributed by atoms with van der Waals surface area (Å²) in [6, 6.07) is 7.47. The van der Waals surface area contributed by atoms with Gasteiger partial charge in [-0.1, -0.05) is 43.5 Å². The van der Waals surface area contributed by atoms with Gasteiger partial charge in [-0.25, -0.2) is 0 Å². The van der Waals surface area contributed by atoms with E-state index < -0.39 is 6.10 Å². The van der Waals surface area contributed by atoms with E-state index in [4.69, 9.17) is 11.6 Å². The molecule has 1 unspecified atom stereocenters. The molecule has 0 amide bonds. The van der Waals surface area contributed by atoms with Gasteiger partial charge in [-0.05, 0) is 44.1 Å². The molecule has 0 heterocycles. The molecule has 0 saturated heterocycles. The summed E-state index contributed by atoms with van der Waals surface area (Å²) in [4.78, 5) is 2.28. The van der Waals surface area contributed by atoms with Crippen molar-refractivity contribution in [2.24, 2.45) is 0 Å². The van der Waals surface area contributed by atoms with Crippen LogP contribution in [-0.4, -0.2) is 30.1 Å². The van der Waals surface area contributed by atoms with E-state index in [0.29, 0.717) is 5.02 Å². The first kappa shape index (κ1) is 15.5. The van der Waals surface area contributed by atoms with Crippen LogP contribution in [-0.2, 0) is 0 Å². The SMILES string of the molecule is CCCCCN(C)CCC(O)c1cccc(Cl)c1. The molecule has 1 aromatic carbocycles. The van der Waals surface area contributed by atoms with Gasteiger partial charge in [-0.3, -0.25) is 0 Å². The number of halogens is 1. The van der Waals surface area contributed by atoms with Crippen LogP contribution in [0.15, 0.2) is 24.3 Å². The molecule has 0 aliphatic rings. The van der Waals surface area contributed by atoms with E-state index in [1.807, 2.05) is 24.3 Å². The fraction of sp³-hybridized carbons (Fsp3) is 0.600. The topological polar surface area (TPSA) is 23.5 Å². The van der Waals surface area contributed by atoms with Gasteiger partial charge in [0, 0.05) is 11.6 Å². The van der Waals surface area contributed by atoms with Gasteiger partial charge in [0.2, 0.25) is 0 Å². The highest BCUT2D eigenvalue weighted by Gasteiger charge is 2.09. The van der Waals surface area contributed by atoms with Gasteiger partial charge in [-0.15, -0.1) is 0 Å². The summed E-state index contributed by atoms with van der Waals surface area (Å²) in [5.74, 6) is 0. The van der Waals surface area contributed by atoms with Crippen molar-refractivity contribution < 1.29 is 5.11 Å². The van der Waals surface area contributed by atoms with Crippen molar-refractivity contribution in [1.82, 2.24) is 4.90 Å². The number of unbranched alkanes of at least 4 members (excludes halogenated alkanes) is 2. The number of rotatable bonds is 8. The number of hydrogen-bond acceptors (Lipinski definition) is 2. The Labute approximate surface area is 116 Å². The van der Waals surface area contributed by atoms with Crippen molar-refractivity contribution in [2.45, 2.75) is 38.7 Å². The zero-order chi connectivity index (χ0) is 13.4. The van der Waals surface area contributed by atoms with Crippen molar-refractivity contribution in [3.63, 3.8) is 0 Å². The van der Waals surface area contributed by atoms with Crippen LogP contribution in [0, 0.1) is 0 Å². The lowest BCUT2D eigenvalue weighted by Crippen LogP contribution is -2.22. The average Bonchev–Trinajstić information content (AvgIpc) is 2.36. The molecule has 0 radical (unpaired) electrons. The molecular formula is C15H24ClNO. The van der Waals surface area contributed by atoms with Gasteiger partial charge in [0.15, 0.2) is 0 Å². The fourth-order valence-electron chi connectivity index (χ4n) is 1.97. The standard InChI is InChI=1S/C15H24ClNO/c1-3-4-5-10-17(2)11-9-15(18)13-7-6-8-14(16)12-13/h6-8,12,15,18H,3-5,9-11H2,1-2H3. The highest BCUT2D eigenvalue weighted by molar-refractivity contribution is 6.30. The largest absolute Gasteiger partial charge is 0.388 e. The zero-order valence-corrected chi connectivity index (χ0v) is 12.2. The summed E-state index contributed by atoms with van der Waals surface area (Å²) in [5, 5.41) is 10.8. The van der Waals surface area contributed by atoms with E-state index in [1.165, 1.54) is 19.3 Å². The normalized spacial score (nSPS) is 12.9. The van der Waals surface area contributed by atoms with Gasteiger partial charge >= 0.3 is 0 Å². The summed E-state index contributed by atoms with van der Waals surface area (Å²) in [6.07, 6.45) is 4.10. The maximum Gasteiger partial charge on any atom is 0.0802 e. The summed E-state index contributed by atoms with van der Waals surface area (Å²) < 4.78 is 0. The van der Waals surface area contributed by atoms with Crippen molar-refractivity contribution in [3.05, 3.63) is 34.9 Å². The van der Waals surface area contributed by atoms with Crippen LogP contribution >= 0.6 is 11.6 Å². The predicted molar refractivity (Wildman–Crippen MR) is 78.1 cm³/mol. The van der Waals surface area contributed by atoms with Gasteiger partial charge in [0.05, 0.1) is 6.10 Å². The Hall–Kier alpha value is -0.570. The molecule has 3 heteroatoms. The first-order valence-electron chi connectivity index (χ1n) is 6.75. The molecule has 0 aliphatic carbocycles. The van der Waals surface area contributed by atoms with Gasteiger partial charge < -0.3 is 10.0 Å². The molecule has 18 heavy (non-hydrogen) atoms. The van der Waals surface area contributed by atoms with E-state index in [0.717, 1.165) is 25.1 Å². The monoisotopic (exact) mass is 269 g/mol. The number of benzene rings is 1. The third-order valence-electron chi connectivity index (χ3n) is 3.16. The highest BCUT2D eigenvalue weighted by Crippen LogP contribution is 2.20. The summed E-state index contributed by atoms with van der Waals surface area (Å²) in [7, 11) is 2.11. The molecule has 1 N–H and O–H groups in total. The molecular weight excluding hydrogens is 246 g/mol. The van der Waals surface area contributed by atoms with Crippen molar-refractivity contribution >= 4 is 11.6 Å². The first-order chi connectivity index (χ1) is 8.63. The van der Waals surface area contributed by atoms with Gasteiger partial charge in [0.25, 0.3) is 0 Å². The lowest BCUT2D eigenvalue weighted by molar-refractivity contribution is 0.148. The Bertz CT molecular complexity index is 343. The van der Waals surface area contributed by atoms with Crippen LogP contribution in [0.5, 0.6) is 0 Å². The van der Waals surface area contributed by atoms with Crippen LogP contribution in [0.3, 0.4) is 0 Å². The second-order valence-electron chi connectivity index (χ2n) is 4.87. The Morgan fingerprint density at radius 1 is 1.28 bits per heavy atom. The Morgan fingerprint density at radius 3 is 2.72 bits per heavy atom. The molecule has 0 bridgehead atoms. The zero-order valence-electron chi connectivity index (χ0n) is 11.4. The maximum absolute atomic E-state index is 10.1. The highest BCUT2D eigenvalue weighted by atomic mass is 35.5. The maximum atomic E-state index is 10.1. The summed E-state index contributed by atoms with van der Waals surface area (Å²) in [6.45, 7) is 4.23. The van der Waals surface area contributed by atoms with E-state index in [2.05, 4.69) is 18.9 Å². The molecule has 1 atom stereocenters. The molecule has 1 rings (SSSR count). The Kier molecular flexibility index (Phi) is 7.33. The van der Waals surface area contributed by atoms with Crippen LogP contribution in [0.2, 0.25) is 5.02 Å². The minimum Gasteiger partial charge on any atom is -0.388 e. The molecule has 0 aromatic heterocycles. The molecule has 102 valence electrons. The third-order valence-corrected chi connectivity index (χ3v) is 3.40. The minimum absolute atomic E-state index is 0.419. The first-order valence-corrected chi connectivity index (χ1v) is 7.13. The quantitative estimate of drug-likeness (QED) is 0.724. The summed E-state index contributed by atoms with van der Waals surface area (Å²) >= 11 is 5.91. The smallest absolute Gasteiger partial charge is 0.0802 e. The summed E-state index contributed by atoms with van der Waals surface area (Å²) in [5.41, 5.74) is 0.907. The van der Waals surface area contributed by atoms with Crippen molar-refractivity contribution in [3.8, 4) is 0 Å². The fourth-order valence-corrected chi connectivity index (χ4v) is 2.17. The van der Waals surface area contributed by atoms with Crippen molar-refractivity contribution in [2.75, 3.05) is 20.1 Å². The molecule has 0 fully saturated rings. The van der Waals surface area contributed by atoms with Gasteiger partial charge in [0.1, 0.15) is 0 Å². The minimum atomic E-state index is -0.419. The van der Waals surface area contributed by atoms with Crippen LogP contribution in [0.1, 0.15) is 44.3 Å². The van der Waals surface area contributed by atoms with Gasteiger partial charge in [-0.2, -0.15) is 0 Å². The number of nitrogens with zero attached hydrogens (tertiary/aromatic N) is 1. The molecule has 0 aliphatic heterocycles. The molecule has 0 spiro atoms. The molecule has 2 nitrogen and oxygen atoms in total. The van der Waals surface area contributed by atoms with Crippen LogP contribution < -0.4 is 0 Å². The Balaban J connectivity index is 2.30.